The first-order valence-electron chi connectivity index (χ1n) is 8.50. The van der Waals surface area contributed by atoms with Crippen molar-refractivity contribution >= 4 is 23.5 Å². The molecule has 1 aromatic heterocycles. The van der Waals surface area contributed by atoms with Crippen LogP contribution in [0, 0.1) is 0 Å². The summed E-state index contributed by atoms with van der Waals surface area (Å²) >= 11 is 0. The normalized spacial score (nSPS) is 12.4. The summed E-state index contributed by atoms with van der Waals surface area (Å²) in [7, 11) is -0.186. The number of imidazole rings is 1. The Morgan fingerprint density at radius 1 is 1.15 bits per heavy atom. The van der Waals surface area contributed by atoms with Crippen LogP contribution in [-0.4, -0.2) is 25.0 Å². The molecule has 0 saturated heterocycles. The summed E-state index contributed by atoms with van der Waals surface area (Å²) in [6, 6.07) is 15.6. The summed E-state index contributed by atoms with van der Waals surface area (Å²) in [4.78, 5) is 4.67. The monoisotopic (exact) mass is 403 g/mol. The standard InChI is InChI=1S/C20H23N3O2S.H2S/c1-15(16-7-5-4-6-8-16)11-17-9-10-18(26(24,25)21-2)12-19(17)20-13-23(3)14-22-20;/h4-10,12-15,21H,11H2,1-3H3;1H2/t15-;/m1./s1. The van der Waals surface area contributed by atoms with Crippen molar-refractivity contribution in [2.75, 3.05) is 7.05 Å². The van der Waals surface area contributed by atoms with Gasteiger partial charge >= 0.3 is 0 Å². The van der Waals surface area contributed by atoms with Crippen LogP contribution in [0.1, 0.15) is 24.0 Å². The molecular weight excluding hydrogens is 378 g/mol. The van der Waals surface area contributed by atoms with Gasteiger partial charge in [0, 0.05) is 18.8 Å². The fourth-order valence-corrected chi connectivity index (χ4v) is 3.79. The van der Waals surface area contributed by atoms with Crippen molar-refractivity contribution in [3.05, 3.63) is 72.2 Å². The number of sulfonamides is 1. The summed E-state index contributed by atoms with van der Waals surface area (Å²) in [5.74, 6) is 0.311. The maximum absolute atomic E-state index is 12.2. The van der Waals surface area contributed by atoms with Gasteiger partial charge in [-0.05, 0) is 42.6 Å². The van der Waals surface area contributed by atoms with Gasteiger partial charge in [0.25, 0.3) is 0 Å². The first kappa shape index (κ1) is 21.2. The Morgan fingerprint density at radius 2 is 1.85 bits per heavy atom. The van der Waals surface area contributed by atoms with E-state index in [9.17, 15) is 8.42 Å². The van der Waals surface area contributed by atoms with Gasteiger partial charge in [0.15, 0.2) is 0 Å². The molecule has 1 heterocycles. The zero-order valence-electron chi connectivity index (χ0n) is 15.7. The maximum Gasteiger partial charge on any atom is 0.240 e. The lowest BCUT2D eigenvalue weighted by Crippen LogP contribution is -2.18. The molecule has 0 aliphatic heterocycles. The van der Waals surface area contributed by atoms with Gasteiger partial charge in [0.05, 0.1) is 16.9 Å². The van der Waals surface area contributed by atoms with Crippen LogP contribution in [0.4, 0.5) is 0 Å². The van der Waals surface area contributed by atoms with Gasteiger partial charge in [-0.3, -0.25) is 0 Å². The molecule has 0 amide bonds. The average Bonchev–Trinajstić information content (AvgIpc) is 3.08. The maximum atomic E-state index is 12.2. The van der Waals surface area contributed by atoms with E-state index in [4.69, 9.17) is 0 Å². The molecule has 5 nitrogen and oxygen atoms in total. The molecular formula is C20H25N3O2S2. The molecule has 1 atom stereocenters. The molecule has 27 heavy (non-hydrogen) atoms. The number of hydrogen-bond acceptors (Lipinski definition) is 3. The molecule has 3 rings (SSSR count). The van der Waals surface area contributed by atoms with Gasteiger partial charge in [0.1, 0.15) is 0 Å². The van der Waals surface area contributed by atoms with Crippen LogP contribution < -0.4 is 4.72 Å². The van der Waals surface area contributed by atoms with Crippen LogP contribution in [0.5, 0.6) is 0 Å². The molecule has 0 aliphatic rings. The highest BCUT2D eigenvalue weighted by atomic mass is 32.2. The molecule has 0 unspecified atom stereocenters. The van der Waals surface area contributed by atoms with Gasteiger partial charge in [-0.15, -0.1) is 0 Å². The summed E-state index contributed by atoms with van der Waals surface area (Å²) in [5.41, 5.74) is 3.96. The Hall–Kier alpha value is -2.09. The van der Waals surface area contributed by atoms with E-state index >= 15 is 0 Å². The van der Waals surface area contributed by atoms with Crippen molar-refractivity contribution in [1.82, 2.24) is 14.3 Å². The van der Waals surface area contributed by atoms with Crippen molar-refractivity contribution in [3.63, 3.8) is 0 Å². The quantitative estimate of drug-likeness (QED) is 0.686. The number of aryl methyl sites for hydroxylation is 1. The Bertz CT molecular complexity index is 999. The number of nitrogens with one attached hydrogen (secondary N) is 1. The third kappa shape index (κ3) is 4.80. The third-order valence-electron chi connectivity index (χ3n) is 4.54. The van der Waals surface area contributed by atoms with Gasteiger partial charge in [-0.2, -0.15) is 13.5 Å². The highest BCUT2D eigenvalue weighted by Gasteiger charge is 2.18. The van der Waals surface area contributed by atoms with Gasteiger partial charge in [-0.1, -0.05) is 43.3 Å². The van der Waals surface area contributed by atoms with Crippen LogP contribution in [0.25, 0.3) is 11.3 Å². The summed E-state index contributed by atoms with van der Waals surface area (Å²) in [5, 5.41) is 0. The SMILES string of the molecule is CNS(=O)(=O)c1ccc(C[C@@H](C)c2ccccc2)c(-c2cn(C)cn2)c1.S. The van der Waals surface area contributed by atoms with Crippen LogP contribution in [0.15, 0.2) is 66.0 Å². The molecule has 7 heteroatoms. The number of aromatic nitrogens is 2. The van der Waals surface area contributed by atoms with E-state index in [1.807, 2.05) is 42.1 Å². The largest absolute Gasteiger partial charge is 0.340 e. The number of nitrogens with zero attached hydrogens (tertiary/aromatic N) is 2. The minimum atomic E-state index is -3.50. The van der Waals surface area contributed by atoms with Gasteiger partial charge < -0.3 is 4.57 Å². The number of hydrogen-bond donors (Lipinski definition) is 1. The molecule has 0 bridgehead atoms. The zero-order chi connectivity index (χ0) is 18.7. The first-order chi connectivity index (χ1) is 12.4. The highest BCUT2D eigenvalue weighted by Crippen LogP contribution is 2.30. The second-order valence-electron chi connectivity index (χ2n) is 6.47. The Kier molecular flexibility index (Phi) is 6.86. The lowest BCUT2D eigenvalue weighted by Gasteiger charge is -2.16. The van der Waals surface area contributed by atoms with E-state index in [0.29, 0.717) is 5.92 Å². The lowest BCUT2D eigenvalue weighted by atomic mass is 9.91. The van der Waals surface area contributed by atoms with Crippen molar-refractivity contribution in [1.29, 1.82) is 0 Å². The van der Waals surface area contributed by atoms with Gasteiger partial charge in [-0.25, -0.2) is 18.1 Å². The molecule has 0 saturated carbocycles. The van der Waals surface area contributed by atoms with E-state index in [1.54, 1.807) is 18.5 Å². The molecule has 0 fully saturated rings. The Morgan fingerprint density at radius 3 is 2.44 bits per heavy atom. The molecule has 3 aromatic rings. The third-order valence-corrected chi connectivity index (χ3v) is 5.95. The van der Waals surface area contributed by atoms with Crippen LogP contribution >= 0.6 is 13.5 Å². The van der Waals surface area contributed by atoms with Crippen molar-refractivity contribution in [2.24, 2.45) is 7.05 Å². The van der Waals surface area contributed by atoms with E-state index in [2.05, 4.69) is 28.8 Å². The zero-order valence-corrected chi connectivity index (χ0v) is 17.5. The van der Waals surface area contributed by atoms with E-state index in [0.717, 1.165) is 23.2 Å². The molecule has 0 spiro atoms. The Labute approximate surface area is 168 Å². The predicted molar refractivity (Wildman–Crippen MR) is 114 cm³/mol. The van der Waals surface area contributed by atoms with Gasteiger partial charge in [0.2, 0.25) is 10.0 Å². The predicted octanol–water partition coefficient (Wildman–Crippen LogP) is 3.45. The highest BCUT2D eigenvalue weighted by molar-refractivity contribution is 7.89. The molecule has 2 aromatic carbocycles. The van der Waals surface area contributed by atoms with E-state index in [-0.39, 0.29) is 18.4 Å². The summed E-state index contributed by atoms with van der Waals surface area (Å²) in [6.07, 6.45) is 4.43. The second-order valence-corrected chi connectivity index (χ2v) is 8.35. The van der Waals surface area contributed by atoms with Crippen molar-refractivity contribution < 1.29 is 8.42 Å². The molecule has 144 valence electrons. The average molecular weight is 404 g/mol. The van der Waals surface area contributed by atoms with Crippen molar-refractivity contribution in [2.45, 2.75) is 24.2 Å². The smallest absolute Gasteiger partial charge is 0.240 e. The van der Waals surface area contributed by atoms with E-state index < -0.39 is 10.0 Å². The molecule has 0 radical (unpaired) electrons. The van der Waals surface area contributed by atoms with Crippen LogP contribution in [0.3, 0.4) is 0 Å². The fourth-order valence-electron chi connectivity index (χ4n) is 3.04. The Balaban J connectivity index is 0.00000261. The topological polar surface area (TPSA) is 64.0 Å². The molecule has 0 aliphatic carbocycles. The summed E-state index contributed by atoms with van der Waals surface area (Å²) in [6.45, 7) is 2.18. The van der Waals surface area contributed by atoms with E-state index in [1.165, 1.54) is 12.6 Å². The molecule has 1 N–H and O–H groups in total. The first-order valence-corrected chi connectivity index (χ1v) is 9.99. The lowest BCUT2D eigenvalue weighted by molar-refractivity contribution is 0.588. The number of benzene rings is 2. The minimum absolute atomic E-state index is 0. The second kappa shape index (κ2) is 8.73. The minimum Gasteiger partial charge on any atom is -0.340 e. The number of rotatable bonds is 6. The summed E-state index contributed by atoms with van der Waals surface area (Å²) < 4.78 is 28.7. The van der Waals surface area contributed by atoms with Crippen LogP contribution in [-0.2, 0) is 23.5 Å². The van der Waals surface area contributed by atoms with Crippen LogP contribution in [0.2, 0.25) is 0 Å². The fraction of sp³-hybridized carbons (Fsp3) is 0.250. The van der Waals surface area contributed by atoms with Crippen molar-refractivity contribution in [3.8, 4) is 11.3 Å².